The maximum atomic E-state index is 5.42. The van der Waals surface area contributed by atoms with Gasteiger partial charge in [0, 0.05) is 0 Å². The van der Waals surface area contributed by atoms with E-state index in [0.717, 1.165) is 6.54 Å². The summed E-state index contributed by atoms with van der Waals surface area (Å²) in [5.41, 5.74) is 0.215. The van der Waals surface area contributed by atoms with Gasteiger partial charge in [-0.1, -0.05) is 0 Å². The van der Waals surface area contributed by atoms with Crippen LogP contribution in [0.4, 0.5) is 0 Å². The van der Waals surface area contributed by atoms with Crippen LogP contribution in [0.2, 0.25) is 0 Å². The fourth-order valence-corrected chi connectivity index (χ4v) is 1.77. The van der Waals surface area contributed by atoms with Crippen LogP contribution in [-0.4, -0.2) is 17.4 Å². The SMILES string of the molecule is CC(C)(C)[C@@H]1CN[C](=[Fe])O1.c1cc[cH-]c1.c1cc[cH-]c1. The average Bonchev–Trinajstić information content (AvgIpc) is 3.15. The van der Waals surface area contributed by atoms with E-state index >= 15 is 0 Å². The van der Waals surface area contributed by atoms with Crippen molar-refractivity contribution < 1.29 is 20.3 Å². The number of rotatable bonds is 0. The van der Waals surface area contributed by atoms with Gasteiger partial charge in [-0.2, -0.15) is 36.4 Å². The van der Waals surface area contributed by atoms with Gasteiger partial charge in [0.15, 0.2) is 0 Å². The minimum absolute atomic E-state index is 0.215. The zero-order valence-corrected chi connectivity index (χ0v) is 13.4. The average molecular weight is 313 g/mol. The van der Waals surface area contributed by atoms with Gasteiger partial charge in [0.25, 0.3) is 0 Å². The first-order valence-corrected chi connectivity index (χ1v) is 7.30. The molecule has 0 radical (unpaired) electrons. The van der Waals surface area contributed by atoms with Crippen LogP contribution in [0.1, 0.15) is 20.8 Å². The van der Waals surface area contributed by atoms with Gasteiger partial charge in [0.05, 0.1) is 0 Å². The van der Waals surface area contributed by atoms with Gasteiger partial charge in [-0.05, 0) is 0 Å². The van der Waals surface area contributed by atoms with Crippen molar-refractivity contribution in [3.05, 3.63) is 60.7 Å². The molecule has 0 aromatic heterocycles. The summed E-state index contributed by atoms with van der Waals surface area (Å²) in [5, 5.41) is 3.06. The molecule has 0 aliphatic carbocycles. The second kappa shape index (κ2) is 9.04. The van der Waals surface area contributed by atoms with Gasteiger partial charge >= 0.3 is 69.2 Å². The first kappa shape index (κ1) is 17.1. The van der Waals surface area contributed by atoms with Crippen LogP contribution in [0.25, 0.3) is 0 Å². The first-order valence-electron chi connectivity index (χ1n) is 6.75. The van der Waals surface area contributed by atoms with E-state index in [0.29, 0.717) is 4.73 Å². The predicted octanol–water partition coefficient (Wildman–Crippen LogP) is 3.47. The van der Waals surface area contributed by atoms with Crippen molar-refractivity contribution in [1.82, 2.24) is 5.32 Å². The van der Waals surface area contributed by atoms with Crippen molar-refractivity contribution in [2.45, 2.75) is 26.9 Å². The summed E-state index contributed by atoms with van der Waals surface area (Å²) in [6, 6.07) is 20.0. The van der Waals surface area contributed by atoms with Crippen LogP contribution < -0.4 is 5.32 Å². The molecule has 1 saturated heterocycles. The molecule has 1 atom stereocenters. The number of nitrogens with one attached hydrogen (secondary N) is 1. The van der Waals surface area contributed by atoms with E-state index in [1.807, 2.05) is 60.7 Å². The maximum Gasteiger partial charge on any atom is -0.172 e. The molecular formula is C17H23FeNO-2. The van der Waals surface area contributed by atoms with Gasteiger partial charge in [0.1, 0.15) is 0 Å². The van der Waals surface area contributed by atoms with Crippen LogP contribution in [0, 0.1) is 5.41 Å². The van der Waals surface area contributed by atoms with E-state index in [-0.39, 0.29) is 11.5 Å². The largest absolute Gasteiger partial charge is 0.214 e. The molecule has 1 N–H and O–H groups in total. The third-order valence-electron chi connectivity index (χ3n) is 2.74. The summed E-state index contributed by atoms with van der Waals surface area (Å²) in [4.78, 5) is 0. The Labute approximate surface area is 130 Å². The molecule has 112 valence electrons. The molecule has 1 fully saturated rings. The topological polar surface area (TPSA) is 21.3 Å². The fraction of sp³-hybridized carbons (Fsp3) is 0.353. The quantitative estimate of drug-likeness (QED) is 0.594. The molecule has 2 nitrogen and oxygen atoms in total. The fourth-order valence-electron chi connectivity index (χ4n) is 1.50. The van der Waals surface area contributed by atoms with Gasteiger partial charge in [-0.15, -0.1) is 0 Å². The van der Waals surface area contributed by atoms with Crippen molar-refractivity contribution in [2.75, 3.05) is 6.54 Å². The molecule has 3 rings (SSSR count). The minimum atomic E-state index is 0.215. The molecule has 1 heterocycles. The molecule has 2 aromatic carbocycles. The predicted molar refractivity (Wildman–Crippen MR) is 81.4 cm³/mol. The smallest absolute Gasteiger partial charge is 0.172 e. The summed E-state index contributed by atoms with van der Waals surface area (Å²) >= 11 is 3.68. The van der Waals surface area contributed by atoms with Gasteiger partial charge in [0.2, 0.25) is 0 Å². The molecule has 20 heavy (non-hydrogen) atoms. The number of hydrogen-bond acceptors (Lipinski definition) is 2. The Morgan fingerprint density at radius 3 is 1.65 bits per heavy atom. The monoisotopic (exact) mass is 313 g/mol. The zero-order valence-electron chi connectivity index (χ0n) is 12.3. The Hall–Kier alpha value is -0.991. The van der Waals surface area contributed by atoms with E-state index in [1.165, 1.54) is 0 Å². The van der Waals surface area contributed by atoms with E-state index in [2.05, 4.69) is 41.7 Å². The van der Waals surface area contributed by atoms with Crippen LogP contribution in [0.5, 0.6) is 0 Å². The van der Waals surface area contributed by atoms with Crippen molar-refractivity contribution in [2.24, 2.45) is 5.41 Å². The Balaban J connectivity index is 0.000000167. The van der Waals surface area contributed by atoms with Crippen molar-refractivity contribution in [3.63, 3.8) is 0 Å². The maximum absolute atomic E-state index is 5.42. The molecular weight excluding hydrogens is 290 g/mol. The summed E-state index contributed by atoms with van der Waals surface area (Å²) in [6.07, 6.45) is 0.278. The minimum Gasteiger partial charge on any atom is -0.214 e. The number of hydrogen-bond donors (Lipinski definition) is 1. The van der Waals surface area contributed by atoms with Crippen LogP contribution in [-0.2, 0) is 20.3 Å². The summed E-state index contributed by atoms with van der Waals surface area (Å²) in [5.74, 6) is 0. The molecule has 3 heteroatoms. The molecule has 0 unspecified atom stereocenters. The second-order valence-electron chi connectivity index (χ2n) is 5.54. The summed E-state index contributed by atoms with van der Waals surface area (Å²) < 4.78 is 6.13. The van der Waals surface area contributed by atoms with Gasteiger partial charge in [-0.3, -0.25) is 0 Å². The van der Waals surface area contributed by atoms with Crippen LogP contribution in [0.3, 0.4) is 0 Å². The van der Waals surface area contributed by atoms with E-state index in [9.17, 15) is 0 Å². The van der Waals surface area contributed by atoms with Crippen LogP contribution >= 0.6 is 0 Å². The second-order valence-corrected chi connectivity index (χ2v) is 6.04. The number of ether oxygens (including phenoxy) is 1. The third kappa shape index (κ3) is 7.56. The Morgan fingerprint density at radius 1 is 1.05 bits per heavy atom. The molecule has 0 amide bonds. The van der Waals surface area contributed by atoms with E-state index < -0.39 is 0 Å². The third-order valence-corrected chi connectivity index (χ3v) is 3.07. The van der Waals surface area contributed by atoms with E-state index in [1.54, 1.807) is 0 Å². The van der Waals surface area contributed by atoms with Gasteiger partial charge < -0.3 is 0 Å². The molecule has 0 saturated carbocycles. The Kier molecular flexibility index (Phi) is 7.71. The molecule has 1 aliphatic rings. The Morgan fingerprint density at radius 2 is 1.50 bits per heavy atom. The molecule has 0 spiro atoms. The molecule has 1 aliphatic heterocycles. The molecule has 0 bridgehead atoms. The molecule has 2 aromatic rings. The Bertz CT molecular complexity index is 379. The summed E-state index contributed by atoms with van der Waals surface area (Å²) in [7, 11) is 0. The van der Waals surface area contributed by atoms with Crippen molar-refractivity contribution in [3.8, 4) is 0 Å². The zero-order chi connectivity index (χ0) is 14.8. The van der Waals surface area contributed by atoms with Crippen molar-refractivity contribution in [1.29, 1.82) is 0 Å². The summed E-state index contributed by atoms with van der Waals surface area (Å²) in [6.45, 7) is 7.39. The van der Waals surface area contributed by atoms with E-state index in [4.69, 9.17) is 4.74 Å². The first-order chi connectivity index (χ1) is 9.50. The van der Waals surface area contributed by atoms with Gasteiger partial charge in [-0.25, -0.2) is 24.3 Å². The normalized spacial score (nSPS) is 17.8. The standard InChI is InChI=1S/C7H13NO.2C5H5.Fe/c1-7(2,3)6-4-8-5-9-6;2*1-2-4-5-3-1;/h6,8H,4H2,1-3H3;2*1-5H;/q;2*-1;/t6-;;;/m0.../s1. The van der Waals surface area contributed by atoms with Crippen molar-refractivity contribution >= 4 is 4.73 Å². The van der Waals surface area contributed by atoms with Crippen LogP contribution in [0.15, 0.2) is 60.7 Å².